The van der Waals surface area contributed by atoms with E-state index in [1.165, 1.54) is 0 Å². The van der Waals surface area contributed by atoms with Crippen molar-refractivity contribution in [2.75, 3.05) is 13.2 Å². The van der Waals surface area contributed by atoms with Gasteiger partial charge in [0.1, 0.15) is 5.75 Å². The van der Waals surface area contributed by atoms with Crippen LogP contribution in [0.2, 0.25) is 10.0 Å². The summed E-state index contributed by atoms with van der Waals surface area (Å²) >= 11 is 22.6. The van der Waals surface area contributed by atoms with Gasteiger partial charge in [-0.15, -0.1) is 0 Å². The molecule has 2 rings (SSSR count). The van der Waals surface area contributed by atoms with Crippen LogP contribution in [0.15, 0.2) is 43.7 Å². The number of ether oxygens (including phenoxy) is 1. The van der Waals surface area contributed by atoms with Crippen molar-refractivity contribution >= 4 is 71.0 Å². The standard InChI is InChI=1S/C17H15Br3Cl2O2/c18-11-6-14(19)17(15(20)7-11)24-5-1-2-10(9-23)13-4-3-12(21)8-16(13)22/h3-4,6-8,10,23H,1-2,5,9H2. The van der Waals surface area contributed by atoms with Crippen LogP contribution in [0.5, 0.6) is 5.75 Å². The Morgan fingerprint density at radius 3 is 2.29 bits per heavy atom. The minimum atomic E-state index is -0.0323. The zero-order valence-corrected chi connectivity index (χ0v) is 18.8. The number of benzene rings is 2. The third kappa shape index (κ3) is 5.61. The van der Waals surface area contributed by atoms with Gasteiger partial charge in [-0.1, -0.05) is 45.2 Å². The number of halogens is 5. The highest BCUT2D eigenvalue weighted by atomic mass is 79.9. The molecule has 0 fully saturated rings. The molecule has 0 bridgehead atoms. The lowest BCUT2D eigenvalue weighted by atomic mass is 9.95. The van der Waals surface area contributed by atoms with Gasteiger partial charge >= 0.3 is 0 Å². The molecule has 0 saturated heterocycles. The summed E-state index contributed by atoms with van der Waals surface area (Å²) in [4.78, 5) is 0. The molecule has 130 valence electrons. The largest absolute Gasteiger partial charge is 0.491 e. The average molecular weight is 562 g/mol. The molecule has 2 aromatic rings. The lowest BCUT2D eigenvalue weighted by Gasteiger charge is -2.17. The van der Waals surface area contributed by atoms with Gasteiger partial charge in [0.05, 0.1) is 15.6 Å². The van der Waals surface area contributed by atoms with Crippen molar-refractivity contribution in [3.8, 4) is 5.75 Å². The van der Waals surface area contributed by atoms with Crippen molar-refractivity contribution in [1.82, 2.24) is 0 Å². The maximum atomic E-state index is 9.66. The van der Waals surface area contributed by atoms with Gasteiger partial charge in [-0.2, -0.15) is 0 Å². The van der Waals surface area contributed by atoms with Crippen LogP contribution in [-0.4, -0.2) is 18.3 Å². The fourth-order valence-corrected chi connectivity index (χ4v) is 5.40. The molecule has 0 amide bonds. The summed E-state index contributed by atoms with van der Waals surface area (Å²) in [5.41, 5.74) is 0.912. The van der Waals surface area contributed by atoms with Crippen molar-refractivity contribution in [2.24, 2.45) is 0 Å². The number of aliphatic hydroxyl groups excluding tert-OH is 1. The summed E-state index contributed by atoms with van der Waals surface area (Å²) < 4.78 is 8.57. The lowest BCUT2D eigenvalue weighted by molar-refractivity contribution is 0.242. The molecular weight excluding hydrogens is 547 g/mol. The Bertz CT molecular complexity index is 687. The molecule has 7 heteroatoms. The minimum absolute atomic E-state index is 0.0323. The molecule has 0 aliphatic carbocycles. The first kappa shape index (κ1) is 20.5. The van der Waals surface area contributed by atoms with Gasteiger partial charge in [-0.25, -0.2) is 0 Å². The molecule has 0 spiro atoms. The van der Waals surface area contributed by atoms with E-state index in [0.717, 1.165) is 37.6 Å². The van der Waals surface area contributed by atoms with Gasteiger partial charge < -0.3 is 9.84 Å². The van der Waals surface area contributed by atoms with Crippen LogP contribution in [0.1, 0.15) is 24.3 Å². The lowest BCUT2D eigenvalue weighted by Crippen LogP contribution is -2.08. The van der Waals surface area contributed by atoms with E-state index < -0.39 is 0 Å². The fraction of sp³-hybridized carbons (Fsp3) is 0.294. The van der Waals surface area contributed by atoms with Crippen LogP contribution in [0.4, 0.5) is 0 Å². The van der Waals surface area contributed by atoms with Gasteiger partial charge in [0.25, 0.3) is 0 Å². The minimum Gasteiger partial charge on any atom is -0.491 e. The SMILES string of the molecule is OCC(CCCOc1c(Br)cc(Br)cc1Br)c1ccc(Cl)cc1Cl. The predicted octanol–water partition coefficient (Wildman–Crippen LogP) is 7.22. The Hall–Kier alpha value is 0.220. The number of hydrogen-bond acceptors (Lipinski definition) is 2. The average Bonchev–Trinajstić information content (AvgIpc) is 2.50. The third-order valence-corrected chi connectivity index (χ3v) is 5.73. The Morgan fingerprint density at radius 2 is 1.71 bits per heavy atom. The van der Waals surface area contributed by atoms with Gasteiger partial charge in [0, 0.05) is 27.0 Å². The Labute approximate surface area is 176 Å². The molecular formula is C17H15Br3Cl2O2. The highest BCUT2D eigenvalue weighted by Crippen LogP contribution is 2.37. The summed E-state index contributed by atoms with van der Waals surface area (Å²) in [5.74, 6) is 0.735. The maximum absolute atomic E-state index is 9.66. The van der Waals surface area contributed by atoms with Crippen molar-refractivity contribution < 1.29 is 9.84 Å². The van der Waals surface area contributed by atoms with Crippen LogP contribution < -0.4 is 4.74 Å². The monoisotopic (exact) mass is 558 g/mol. The van der Waals surface area contributed by atoms with Crippen LogP contribution in [0.25, 0.3) is 0 Å². The highest BCUT2D eigenvalue weighted by molar-refractivity contribution is 9.11. The second-order valence-electron chi connectivity index (χ2n) is 5.23. The number of rotatable bonds is 7. The normalized spacial score (nSPS) is 12.2. The molecule has 24 heavy (non-hydrogen) atoms. The molecule has 0 radical (unpaired) electrons. The predicted molar refractivity (Wildman–Crippen MR) is 111 cm³/mol. The zero-order chi connectivity index (χ0) is 17.7. The topological polar surface area (TPSA) is 29.5 Å². The maximum Gasteiger partial charge on any atom is 0.147 e. The van der Waals surface area contributed by atoms with Crippen LogP contribution >= 0.6 is 71.0 Å². The molecule has 0 aliphatic rings. The van der Waals surface area contributed by atoms with Crippen molar-refractivity contribution in [3.63, 3.8) is 0 Å². The smallest absolute Gasteiger partial charge is 0.147 e. The van der Waals surface area contributed by atoms with Crippen LogP contribution in [-0.2, 0) is 0 Å². The second-order valence-corrected chi connectivity index (χ2v) is 8.70. The zero-order valence-electron chi connectivity index (χ0n) is 12.5. The van der Waals surface area contributed by atoms with Crippen LogP contribution in [0, 0.1) is 0 Å². The summed E-state index contributed by atoms with van der Waals surface area (Å²) in [6.07, 6.45) is 1.56. The Kier molecular flexibility index (Phi) is 8.38. The van der Waals surface area contributed by atoms with E-state index in [1.54, 1.807) is 12.1 Å². The molecule has 0 heterocycles. The summed E-state index contributed by atoms with van der Waals surface area (Å²) in [6, 6.07) is 9.23. The van der Waals surface area contributed by atoms with Gasteiger partial charge in [-0.05, 0) is 74.5 Å². The fourth-order valence-electron chi connectivity index (χ4n) is 2.35. The van der Waals surface area contributed by atoms with Crippen molar-refractivity contribution in [2.45, 2.75) is 18.8 Å². The first-order chi connectivity index (χ1) is 11.4. The van der Waals surface area contributed by atoms with Crippen LogP contribution in [0.3, 0.4) is 0 Å². The number of aliphatic hydroxyl groups is 1. The van der Waals surface area contributed by atoms with E-state index in [-0.39, 0.29) is 12.5 Å². The van der Waals surface area contributed by atoms with E-state index in [9.17, 15) is 5.11 Å². The molecule has 0 aromatic heterocycles. The second kappa shape index (κ2) is 9.79. The van der Waals surface area contributed by atoms with Gasteiger partial charge in [0.15, 0.2) is 0 Å². The van der Waals surface area contributed by atoms with Gasteiger partial charge in [0.2, 0.25) is 0 Å². The van der Waals surface area contributed by atoms with E-state index in [0.29, 0.717) is 16.7 Å². The van der Waals surface area contributed by atoms with Gasteiger partial charge in [-0.3, -0.25) is 0 Å². The molecule has 1 atom stereocenters. The van der Waals surface area contributed by atoms with E-state index >= 15 is 0 Å². The first-order valence-corrected chi connectivity index (χ1v) is 10.4. The third-order valence-electron chi connectivity index (χ3n) is 3.53. The molecule has 0 aliphatic heterocycles. The quantitative estimate of drug-likeness (QED) is 0.362. The molecule has 2 nitrogen and oxygen atoms in total. The summed E-state index contributed by atoms with van der Waals surface area (Å²) in [5, 5.41) is 10.8. The van der Waals surface area contributed by atoms with Crippen molar-refractivity contribution in [1.29, 1.82) is 0 Å². The first-order valence-electron chi connectivity index (χ1n) is 7.25. The number of hydrogen-bond donors (Lipinski definition) is 1. The molecule has 1 unspecified atom stereocenters. The highest BCUT2D eigenvalue weighted by Gasteiger charge is 2.15. The summed E-state index contributed by atoms with van der Waals surface area (Å²) in [7, 11) is 0. The van der Waals surface area contributed by atoms with E-state index in [1.807, 2.05) is 18.2 Å². The Balaban J connectivity index is 1.93. The Morgan fingerprint density at radius 1 is 1.04 bits per heavy atom. The van der Waals surface area contributed by atoms with E-state index in [2.05, 4.69) is 47.8 Å². The van der Waals surface area contributed by atoms with E-state index in [4.69, 9.17) is 27.9 Å². The van der Waals surface area contributed by atoms with Crippen molar-refractivity contribution in [3.05, 3.63) is 59.4 Å². The molecule has 0 saturated carbocycles. The molecule has 2 aromatic carbocycles. The molecule has 1 N–H and O–H groups in total. The summed E-state index contributed by atoms with van der Waals surface area (Å²) in [6.45, 7) is 0.577.